The Bertz CT molecular complexity index is 409. The molecule has 0 spiro atoms. The van der Waals surface area contributed by atoms with Crippen LogP contribution < -0.4 is 10.6 Å². The Morgan fingerprint density at radius 2 is 2.24 bits per heavy atom. The number of carbonyl (C=O) groups excluding carboxylic acids is 1. The lowest BCUT2D eigenvalue weighted by Crippen LogP contribution is -2.45. The summed E-state index contributed by atoms with van der Waals surface area (Å²) in [4.78, 5) is 12.1. The summed E-state index contributed by atoms with van der Waals surface area (Å²) in [6.45, 7) is 5.99. The molecule has 2 N–H and O–H groups in total. The van der Waals surface area contributed by atoms with Crippen LogP contribution in [-0.4, -0.2) is 25.0 Å². The standard InChI is InChI=1S/C14H20N2O/c1-10-5-3-7-13(11(10)2)14(17)16-12-6-4-8-15-9-12/h3,5,7,12,15H,4,6,8-9H2,1-2H3,(H,16,17). The van der Waals surface area contributed by atoms with Gasteiger partial charge in [0.05, 0.1) is 0 Å². The second kappa shape index (κ2) is 5.32. The van der Waals surface area contributed by atoms with E-state index >= 15 is 0 Å². The summed E-state index contributed by atoms with van der Waals surface area (Å²) in [5.41, 5.74) is 3.05. The van der Waals surface area contributed by atoms with Gasteiger partial charge in [0.25, 0.3) is 5.91 Å². The second-order valence-electron chi connectivity index (χ2n) is 4.76. The topological polar surface area (TPSA) is 41.1 Å². The minimum absolute atomic E-state index is 0.0555. The summed E-state index contributed by atoms with van der Waals surface area (Å²) < 4.78 is 0. The Hall–Kier alpha value is -1.35. The van der Waals surface area contributed by atoms with Crippen molar-refractivity contribution in [1.29, 1.82) is 0 Å². The fourth-order valence-corrected chi connectivity index (χ4v) is 2.24. The molecule has 3 nitrogen and oxygen atoms in total. The van der Waals surface area contributed by atoms with E-state index in [-0.39, 0.29) is 11.9 Å². The molecule has 1 amide bonds. The summed E-state index contributed by atoms with van der Waals surface area (Å²) in [7, 11) is 0. The van der Waals surface area contributed by atoms with E-state index in [2.05, 4.69) is 10.6 Å². The molecule has 0 aliphatic carbocycles. The Balaban J connectivity index is 2.06. The molecule has 1 unspecified atom stereocenters. The molecule has 2 rings (SSSR count). The van der Waals surface area contributed by atoms with Gasteiger partial charge in [0, 0.05) is 18.2 Å². The summed E-state index contributed by atoms with van der Waals surface area (Å²) in [5, 5.41) is 6.40. The smallest absolute Gasteiger partial charge is 0.251 e. The predicted octanol–water partition coefficient (Wildman–Crippen LogP) is 1.79. The van der Waals surface area contributed by atoms with Crippen LogP contribution in [0.2, 0.25) is 0 Å². The number of piperidine rings is 1. The van der Waals surface area contributed by atoms with Crippen molar-refractivity contribution in [3.05, 3.63) is 34.9 Å². The van der Waals surface area contributed by atoms with Gasteiger partial charge in [-0.15, -0.1) is 0 Å². The molecule has 1 aliphatic heterocycles. The van der Waals surface area contributed by atoms with Crippen LogP contribution in [0, 0.1) is 13.8 Å². The number of amides is 1. The van der Waals surface area contributed by atoms with E-state index in [0.29, 0.717) is 0 Å². The number of carbonyl (C=O) groups is 1. The van der Waals surface area contributed by atoms with Crippen LogP contribution in [0.1, 0.15) is 34.3 Å². The highest BCUT2D eigenvalue weighted by Crippen LogP contribution is 2.13. The first-order valence-electron chi connectivity index (χ1n) is 6.26. The van der Waals surface area contributed by atoms with Crippen LogP contribution in [0.5, 0.6) is 0 Å². The molecule has 0 saturated carbocycles. The molecule has 0 radical (unpaired) electrons. The molecule has 1 aromatic carbocycles. The number of nitrogens with one attached hydrogen (secondary N) is 2. The van der Waals surface area contributed by atoms with Gasteiger partial charge in [0.15, 0.2) is 0 Å². The van der Waals surface area contributed by atoms with Crippen LogP contribution >= 0.6 is 0 Å². The molecular formula is C14H20N2O. The van der Waals surface area contributed by atoms with Crippen molar-refractivity contribution >= 4 is 5.91 Å². The highest BCUT2D eigenvalue weighted by atomic mass is 16.1. The van der Waals surface area contributed by atoms with Crippen LogP contribution in [0.3, 0.4) is 0 Å². The zero-order chi connectivity index (χ0) is 12.3. The lowest BCUT2D eigenvalue weighted by atomic mass is 10.0. The van der Waals surface area contributed by atoms with Gasteiger partial charge >= 0.3 is 0 Å². The lowest BCUT2D eigenvalue weighted by Gasteiger charge is -2.24. The SMILES string of the molecule is Cc1cccc(C(=O)NC2CCCNC2)c1C. The van der Waals surface area contributed by atoms with Crippen molar-refractivity contribution in [2.45, 2.75) is 32.7 Å². The number of rotatable bonds is 2. The molecule has 1 fully saturated rings. The van der Waals surface area contributed by atoms with E-state index in [9.17, 15) is 4.79 Å². The zero-order valence-corrected chi connectivity index (χ0v) is 10.5. The predicted molar refractivity (Wildman–Crippen MR) is 69.3 cm³/mol. The number of benzene rings is 1. The molecule has 0 aromatic heterocycles. The average molecular weight is 232 g/mol. The van der Waals surface area contributed by atoms with E-state index in [1.165, 1.54) is 5.56 Å². The van der Waals surface area contributed by atoms with Gasteiger partial charge in [-0.25, -0.2) is 0 Å². The molecule has 3 heteroatoms. The van der Waals surface area contributed by atoms with Gasteiger partial charge in [0.2, 0.25) is 0 Å². The highest BCUT2D eigenvalue weighted by molar-refractivity contribution is 5.96. The number of aryl methyl sites for hydroxylation is 1. The monoisotopic (exact) mass is 232 g/mol. The first-order chi connectivity index (χ1) is 8.18. The van der Waals surface area contributed by atoms with E-state index in [1.807, 2.05) is 32.0 Å². The molecule has 92 valence electrons. The Morgan fingerprint density at radius 1 is 1.41 bits per heavy atom. The van der Waals surface area contributed by atoms with Crippen LogP contribution in [0.4, 0.5) is 0 Å². The highest BCUT2D eigenvalue weighted by Gasteiger charge is 2.17. The minimum Gasteiger partial charge on any atom is -0.348 e. The molecule has 1 saturated heterocycles. The van der Waals surface area contributed by atoms with Crippen molar-refractivity contribution in [1.82, 2.24) is 10.6 Å². The lowest BCUT2D eigenvalue weighted by molar-refractivity contribution is 0.0930. The maximum atomic E-state index is 12.1. The Morgan fingerprint density at radius 3 is 2.94 bits per heavy atom. The molecule has 1 heterocycles. The van der Waals surface area contributed by atoms with Crippen molar-refractivity contribution in [2.24, 2.45) is 0 Å². The molecule has 17 heavy (non-hydrogen) atoms. The number of hydrogen-bond acceptors (Lipinski definition) is 2. The maximum Gasteiger partial charge on any atom is 0.251 e. The second-order valence-corrected chi connectivity index (χ2v) is 4.76. The van der Waals surface area contributed by atoms with Gasteiger partial charge in [0.1, 0.15) is 0 Å². The number of hydrogen-bond donors (Lipinski definition) is 2. The van der Waals surface area contributed by atoms with Crippen molar-refractivity contribution < 1.29 is 4.79 Å². The van der Waals surface area contributed by atoms with Gasteiger partial charge < -0.3 is 10.6 Å². The quantitative estimate of drug-likeness (QED) is 0.816. The normalized spacial score (nSPS) is 20.0. The summed E-state index contributed by atoms with van der Waals surface area (Å²) >= 11 is 0. The van der Waals surface area contributed by atoms with Crippen molar-refractivity contribution in [3.8, 4) is 0 Å². The fraction of sp³-hybridized carbons (Fsp3) is 0.500. The first kappa shape index (κ1) is 12.1. The zero-order valence-electron chi connectivity index (χ0n) is 10.5. The van der Waals surface area contributed by atoms with Gasteiger partial charge in [-0.1, -0.05) is 12.1 Å². The van der Waals surface area contributed by atoms with Crippen molar-refractivity contribution in [3.63, 3.8) is 0 Å². The third kappa shape index (κ3) is 2.86. The fourth-order valence-electron chi connectivity index (χ4n) is 2.24. The molecule has 1 aromatic rings. The minimum atomic E-state index is 0.0555. The maximum absolute atomic E-state index is 12.1. The molecule has 0 bridgehead atoms. The van der Waals surface area contributed by atoms with Gasteiger partial charge in [-0.05, 0) is 50.4 Å². The molecule has 1 atom stereocenters. The van der Waals surface area contributed by atoms with E-state index in [1.54, 1.807) is 0 Å². The summed E-state index contributed by atoms with van der Waals surface area (Å²) in [6.07, 6.45) is 2.21. The van der Waals surface area contributed by atoms with Crippen molar-refractivity contribution in [2.75, 3.05) is 13.1 Å². The largest absolute Gasteiger partial charge is 0.348 e. The Kier molecular flexibility index (Phi) is 3.79. The van der Waals surface area contributed by atoms with E-state index < -0.39 is 0 Å². The van der Waals surface area contributed by atoms with Gasteiger partial charge in [-0.3, -0.25) is 4.79 Å². The molecule has 1 aliphatic rings. The van der Waals surface area contributed by atoms with Crippen LogP contribution in [-0.2, 0) is 0 Å². The third-order valence-corrected chi connectivity index (χ3v) is 3.48. The summed E-state index contributed by atoms with van der Waals surface area (Å²) in [5.74, 6) is 0.0555. The van der Waals surface area contributed by atoms with Gasteiger partial charge in [-0.2, -0.15) is 0 Å². The third-order valence-electron chi connectivity index (χ3n) is 3.48. The summed E-state index contributed by atoms with van der Waals surface area (Å²) in [6, 6.07) is 6.15. The Labute approximate surface area is 103 Å². The van der Waals surface area contributed by atoms with Crippen LogP contribution in [0.15, 0.2) is 18.2 Å². The van der Waals surface area contributed by atoms with E-state index in [0.717, 1.165) is 37.1 Å². The van der Waals surface area contributed by atoms with E-state index in [4.69, 9.17) is 0 Å². The average Bonchev–Trinajstić information content (AvgIpc) is 2.34. The van der Waals surface area contributed by atoms with Crippen LogP contribution in [0.25, 0.3) is 0 Å². The molecular weight excluding hydrogens is 212 g/mol. The first-order valence-corrected chi connectivity index (χ1v) is 6.26.